The summed E-state index contributed by atoms with van der Waals surface area (Å²) in [5.74, 6) is 2.54. The number of rotatable bonds is 5. The fourth-order valence-corrected chi connectivity index (χ4v) is 5.33. The summed E-state index contributed by atoms with van der Waals surface area (Å²) in [5, 5.41) is 3.84. The van der Waals surface area contributed by atoms with Crippen LogP contribution in [-0.2, 0) is 4.79 Å². The topological polar surface area (TPSA) is 113 Å². The van der Waals surface area contributed by atoms with E-state index >= 15 is 0 Å². The lowest BCUT2D eigenvalue weighted by Crippen LogP contribution is -2.48. The number of terminal acetylenes is 1. The summed E-state index contributed by atoms with van der Waals surface area (Å²) in [6.45, 7) is 5.70. The lowest BCUT2D eigenvalue weighted by Gasteiger charge is -2.35. The van der Waals surface area contributed by atoms with E-state index in [-0.39, 0.29) is 28.9 Å². The molecule has 1 amide bonds. The van der Waals surface area contributed by atoms with Gasteiger partial charge in [-0.15, -0.1) is 6.42 Å². The van der Waals surface area contributed by atoms with Gasteiger partial charge in [-0.25, -0.2) is 9.97 Å². The van der Waals surface area contributed by atoms with E-state index in [0.29, 0.717) is 54.5 Å². The molecule has 1 saturated carbocycles. The van der Waals surface area contributed by atoms with Crippen LogP contribution in [0.25, 0.3) is 11.0 Å². The van der Waals surface area contributed by atoms with Crippen LogP contribution < -0.4 is 15.8 Å². The maximum atomic E-state index is 13.4. The van der Waals surface area contributed by atoms with Crippen molar-refractivity contribution >= 4 is 40.2 Å². The molecule has 1 aliphatic heterocycles. The highest BCUT2D eigenvalue weighted by molar-refractivity contribution is 5.99. The van der Waals surface area contributed by atoms with Gasteiger partial charge in [0.25, 0.3) is 11.5 Å². The maximum absolute atomic E-state index is 13.4. The fourth-order valence-electron chi connectivity index (χ4n) is 5.33. The molecule has 5 rings (SSSR count). The first-order valence-corrected chi connectivity index (χ1v) is 12.5. The van der Waals surface area contributed by atoms with Gasteiger partial charge in [0, 0.05) is 43.8 Å². The molecule has 4 heterocycles. The molecule has 190 valence electrons. The van der Waals surface area contributed by atoms with Crippen LogP contribution in [0.2, 0.25) is 0 Å². The van der Waals surface area contributed by atoms with E-state index in [1.807, 2.05) is 12.1 Å². The second-order valence-electron chi connectivity index (χ2n) is 9.55. The van der Waals surface area contributed by atoms with Crippen molar-refractivity contribution in [2.24, 2.45) is 0 Å². The molecule has 0 spiro atoms. The summed E-state index contributed by atoms with van der Waals surface area (Å²) >= 11 is 0. The molecule has 2 fully saturated rings. The van der Waals surface area contributed by atoms with Gasteiger partial charge in [-0.2, -0.15) is 4.98 Å². The third-order valence-corrected chi connectivity index (χ3v) is 7.29. The molecule has 37 heavy (non-hydrogen) atoms. The van der Waals surface area contributed by atoms with E-state index in [1.165, 1.54) is 6.92 Å². The number of ketones is 1. The van der Waals surface area contributed by atoms with Gasteiger partial charge in [0.2, 0.25) is 5.95 Å². The number of anilines is 3. The molecule has 0 aromatic carbocycles. The minimum Gasteiger partial charge on any atom is -0.367 e. The maximum Gasteiger partial charge on any atom is 0.298 e. The summed E-state index contributed by atoms with van der Waals surface area (Å²) in [6.07, 6.45) is 12.5. The quantitative estimate of drug-likeness (QED) is 0.421. The molecule has 1 aliphatic carbocycles. The van der Waals surface area contributed by atoms with E-state index in [9.17, 15) is 14.4 Å². The van der Waals surface area contributed by atoms with Gasteiger partial charge in [0.15, 0.2) is 5.78 Å². The van der Waals surface area contributed by atoms with Crippen LogP contribution in [0.4, 0.5) is 17.5 Å². The van der Waals surface area contributed by atoms with Gasteiger partial charge in [0.1, 0.15) is 11.5 Å². The van der Waals surface area contributed by atoms with Gasteiger partial charge in [-0.1, -0.05) is 12.8 Å². The summed E-state index contributed by atoms with van der Waals surface area (Å²) in [6, 6.07) is 3.81. The molecule has 1 N–H and O–H groups in total. The zero-order chi connectivity index (χ0) is 26.1. The molecule has 0 radical (unpaired) electrons. The minimum absolute atomic E-state index is 0.0188. The first-order chi connectivity index (χ1) is 17.9. The number of carbonyl (C=O) groups excluding carboxylic acids is 2. The highest BCUT2D eigenvalue weighted by Crippen LogP contribution is 2.32. The van der Waals surface area contributed by atoms with Crippen LogP contribution in [0.15, 0.2) is 29.3 Å². The highest BCUT2D eigenvalue weighted by atomic mass is 16.2. The normalized spacial score (nSPS) is 16.1. The number of aromatic nitrogens is 4. The van der Waals surface area contributed by atoms with Crippen molar-refractivity contribution in [1.29, 1.82) is 0 Å². The van der Waals surface area contributed by atoms with Crippen molar-refractivity contribution < 1.29 is 9.59 Å². The fraction of sp³-hybridized carbons (Fsp3) is 0.407. The van der Waals surface area contributed by atoms with Crippen molar-refractivity contribution in [2.45, 2.75) is 45.6 Å². The van der Waals surface area contributed by atoms with Gasteiger partial charge >= 0.3 is 0 Å². The van der Waals surface area contributed by atoms with Gasteiger partial charge in [-0.3, -0.25) is 19.0 Å². The predicted octanol–water partition coefficient (Wildman–Crippen LogP) is 2.84. The number of piperazine rings is 1. The molecular formula is C27H29N7O3. The lowest BCUT2D eigenvalue weighted by atomic mass is 10.0. The molecule has 0 bridgehead atoms. The summed E-state index contributed by atoms with van der Waals surface area (Å²) in [7, 11) is 0. The zero-order valence-electron chi connectivity index (χ0n) is 21.0. The standard InChI is InChI=1S/C27H29N7O3/c1-4-23(36)33-13-11-32(12-14-33)20-9-10-22(28-15-20)30-27-29-16-21-17(2)24(18(3)35)26(37)34(25(21)31-27)19-7-5-6-8-19/h1,9-10,15-16,19H,5-8,11-14H2,2-3H3,(H,28,29,30,31). The average molecular weight is 500 g/mol. The molecule has 3 aromatic rings. The SMILES string of the molecule is C#CC(=O)N1CCN(c2ccc(Nc3ncc4c(C)c(C(C)=O)c(=O)n(C5CCCC5)c4n3)nc2)CC1. The predicted molar refractivity (Wildman–Crippen MR) is 141 cm³/mol. The Morgan fingerprint density at radius 1 is 1.08 bits per heavy atom. The Morgan fingerprint density at radius 3 is 2.43 bits per heavy atom. The van der Waals surface area contributed by atoms with Crippen molar-refractivity contribution in [3.8, 4) is 12.3 Å². The number of hydrogen-bond acceptors (Lipinski definition) is 8. The first-order valence-electron chi connectivity index (χ1n) is 12.5. The van der Waals surface area contributed by atoms with Gasteiger partial charge in [-0.05, 0) is 50.3 Å². The minimum atomic E-state index is -0.279. The lowest BCUT2D eigenvalue weighted by molar-refractivity contribution is -0.125. The van der Waals surface area contributed by atoms with Crippen molar-refractivity contribution in [1.82, 2.24) is 24.4 Å². The third kappa shape index (κ3) is 4.65. The molecule has 2 aliphatic rings. The third-order valence-electron chi connectivity index (χ3n) is 7.29. The average Bonchev–Trinajstić information content (AvgIpc) is 3.43. The van der Waals surface area contributed by atoms with Crippen molar-refractivity contribution in [3.05, 3.63) is 46.0 Å². The van der Waals surface area contributed by atoms with Gasteiger partial charge < -0.3 is 15.1 Å². The Morgan fingerprint density at radius 2 is 1.81 bits per heavy atom. The smallest absolute Gasteiger partial charge is 0.298 e. The Bertz CT molecular complexity index is 1460. The number of nitrogens with zero attached hydrogens (tertiary/aromatic N) is 6. The van der Waals surface area contributed by atoms with Crippen LogP contribution in [0.3, 0.4) is 0 Å². The summed E-state index contributed by atoms with van der Waals surface area (Å²) in [5.41, 5.74) is 2.03. The molecule has 10 heteroatoms. The summed E-state index contributed by atoms with van der Waals surface area (Å²) in [4.78, 5) is 54.9. The number of hydrogen-bond donors (Lipinski definition) is 1. The Balaban J connectivity index is 1.40. The zero-order valence-corrected chi connectivity index (χ0v) is 21.0. The van der Waals surface area contributed by atoms with E-state index < -0.39 is 0 Å². The molecule has 1 saturated heterocycles. The monoisotopic (exact) mass is 499 g/mol. The largest absolute Gasteiger partial charge is 0.367 e. The molecular weight excluding hydrogens is 470 g/mol. The Kier molecular flexibility index (Phi) is 6.61. The molecule has 0 unspecified atom stereocenters. The van der Waals surface area contributed by atoms with Crippen LogP contribution in [0.1, 0.15) is 54.6 Å². The van der Waals surface area contributed by atoms with E-state index in [4.69, 9.17) is 11.4 Å². The summed E-state index contributed by atoms with van der Waals surface area (Å²) < 4.78 is 1.69. The number of Topliss-reactive ketones (excluding diaryl/α,β-unsaturated/α-hetero) is 1. The van der Waals surface area contributed by atoms with E-state index in [0.717, 1.165) is 31.4 Å². The highest BCUT2D eigenvalue weighted by Gasteiger charge is 2.26. The first kappa shape index (κ1) is 24.4. The van der Waals surface area contributed by atoms with Crippen molar-refractivity contribution in [3.63, 3.8) is 0 Å². The second-order valence-corrected chi connectivity index (χ2v) is 9.55. The second kappa shape index (κ2) is 10.0. The Labute approximate surface area is 214 Å². The molecule has 0 atom stereocenters. The van der Waals surface area contributed by atoms with Crippen LogP contribution in [0, 0.1) is 19.3 Å². The van der Waals surface area contributed by atoms with Crippen LogP contribution >= 0.6 is 0 Å². The van der Waals surface area contributed by atoms with E-state index in [2.05, 4.69) is 26.1 Å². The van der Waals surface area contributed by atoms with Gasteiger partial charge in [0.05, 0.1) is 17.4 Å². The molecule has 3 aromatic heterocycles. The number of aryl methyl sites for hydroxylation is 1. The van der Waals surface area contributed by atoms with Crippen LogP contribution in [-0.4, -0.2) is 62.3 Å². The Hall–Kier alpha value is -4.26. The number of nitrogens with one attached hydrogen (secondary N) is 1. The number of pyridine rings is 2. The molecule has 10 nitrogen and oxygen atoms in total. The number of fused-ring (bicyclic) bond motifs is 1. The van der Waals surface area contributed by atoms with Crippen LogP contribution in [0.5, 0.6) is 0 Å². The van der Waals surface area contributed by atoms with Crippen molar-refractivity contribution in [2.75, 3.05) is 36.4 Å². The van der Waals surface area contributed by atoms with E-state index in [1.54, 1.807) is 28.8 Å². The number of carbonyl (C=O) groups is 2. The number of amides is 1.